The zero-order chi connectivity index (χ0) is 10.6. The quantitative estimate of drug-likeness (QED) is 0.471. The van der Waals surface area contributed by atoms with Gasteiger partial charge >= 0.3 is 30.2 Å². The monoisotopic (exact) mass is 380 g/mol. The van der Waals surface area contributed by atoms with Crippen molar-refractivity contribution in [3.8, 4) is 0 Å². The zero-order valence-electron chi connectivity index (χ0n) is 11.5. The normalized spacial score (nSPS) is 11.9. The molecule has 106 valence electrons. The second-order valence-corrected chi connectivity index (χ2v) is 2.69. The maximum absolute atomic E-state index is 3.11. The Hall–Kier alpha value is 0.640. The van der Waals surface area contributed by atoms with Crippen LogP contribution < -0.4 is 0 Å². The summed E-state index contributed by atoms with van der Waals surface area (Å²) in [6.45, 7) is 4.11. The number of rotatable bonds is 1. The molecule has 0 saturated carbocycles. The average Bonchev–Trinajstić information content (AvgIpc) is 2.97. The third-order valence-electron chi connectivity index (χ3n) is 1.76. The van der Waals surface area contributed by atoms with Crippen molar-refractivity contribution < 1.29 is 23.3 Å². The molecule has 0 nitrogen and oxygen atoms in total. The van der Waals surface area contributed by atoms with Crippen molar-refractivity contribution >= 4 is 31.7 Å². The van der Waals surface area contributed by atoms with E-state index in [-0.39, 0.29) is 39.7 Å². The van der Waals surface area contributed by atoms with Crippen molar-refractivity contribution in [2.45, 2.75) is 26.2 Å². The third kappa shape index (κ3) is 19.0. The molecule has 0 radical (unpaired) electrons. The summed E-state index contributed by atoms with van der Waals surface area (Å²) in [5.74, 6) is 0. The predicted octanol–water partition coefficient (Wildman–Crippen LogP) is 4.22. The molecule has 2 rings (SSSR count). The molecule has 0 aromatic heterocycles. The van der Waals surface area contributed by atoms with Gasteiger partial charge in [-0.15, -0.1) is 37.7 Å². The molecule has 0 saturated heterocycles. The Kier molecular flexibility index (Phi) is 45.5. The molecule has 0 unspecified atom stereocenters. The van der Waals surface area contributed by atoms with E-state index in [1.165, 1.54) is 5.57 Å². The second-order valence-electron chi connectivity index (χ2n) is 2.69. The standard InChI is InChI=1S/C7H9.C5H5.2CH3.2ClH.H2Si.Zr/c1-2-7-5-3-4-6-7;1-2-4-5-3-1;;;;;;/h5-6H,2-3H2,1H3;1-3H,4H2;2*1H3;2*1H;1H2;/q4*-1;;;;. The number of hydrogen-bond acceptors (Lipinski definition) is 0. The molecule has 18 heavy (non-hydrogen) atoms. The minimum absolute atomic E-state index is 0. The van der Waals surface area contributed by atoms with E-state index < -0.39 is 0 Å². The first-order valence-electron chi connectivity index (χ1n) is 4.76. The van der Waals surface area contributed by atoms with Gasteiger partial charge in [-0.25, -0.2) is 23.8 Å². The van der Waals surface area contributed by atoms with Crippen LogP contribution in [0.25, 0.3) is 0 Å². The minimum atomic E-state index is 0. The SMILES string of the molecule is CCC1=CC[C-]=C1.Cl.Cl.[C-]1=CC=CC1.[CH3-].[CH3-].[SiH2]=[Zr]. The molecule has 0 fully saturated rings. The molecular weight excluding hydrogens is 358 g/mol. The van der Waals surface area contributed by atoms with Gasteiger partial charge in [-0.2, -0.15) is 12.2 Å². The van der Waals surface area contributed by atoms with Gasteiger partial charge in [0.15, 0.2) is 0 Å². The fourth-order valence-corrected chi connectivity index (χ4v) is 1.03. The number of halogens is 2. The molecule has 0 amide bonds. The molecule has 0 N–H and O–H groups in total. The van der Waals surface area contributed by atoms with Gasteiger partial charge in [0.2, 0.25) is 0 Å². The van der Waals surface area contributed by atoms with Gasteiger partial charge in [0.05, 0.1) is 0 Å². The Morgan fingerprint density at radius 1 is 1.17 bits per heavy atom. The summed E-state index contributed by atoms with van der Waals surface area (Å²) in [4.78, 5) is 0. The molecule has 0 aliphatic heterocycles. The predicted molar refractivity (Wildman–Crippen MR) is 88.2 cm³/mol. The van der Waals surface area contributed by atoms with Gasteiger partial charge in [-0.05, 0) is 0 Å². The van der Waals surface area contributed by atoms with Gasteiger partial charge in [0.1, 0.15) is 0 Å². The molecule has 0 aromatic rings. The first-order chi connectivity index (χ1) is 6.93. The van der Waals surface area contributed by atoms with Crippen molar-refractivity contribution in [1.29, 1.82) is 0 Å². The van der Waals surface area contributed by atoms with Gasteiger partial charge in [-0.3, -0.25) is 12.2 Å². The van der Waals surface area contributed by atoms with Gasteiger partial charge < -0.3 is 14.9 Å². The molecule has 0 heterocycles. The summed E-state index contributed by atoms with van der Waals surface area (Å²) in [5, 5.41) is 0. The summed E-state index contributed by atoms with van der Waals surface area (Å²) in [5.41, 5.74) is 1.43. The van der Waals surface area contributed by atoms with Crippen LogP contribution in [-0.2, 0) is 23.3 Å². The Morgan fingerprint density at radius 3 is 1.94 bits per heavy atom. The molecule has 0 atom stereocenters. The van der Waals surface area contributed by atoms with Gasteiger partial charge in [-0.1, -0.05) is 13.3 Å². The van der Waals surface area contributed by atoms with Gasteiger partial charge in [0, 0.05) is 0 Å². The third-order valence-corrected chi connectivity index (χ3v) is 1.76. The Labute approximate surface area is 143 Å². The number of allylic oxidation sites excluding steroid dienone is 8. The molecular formula is C14H24Cl2SiZr-4. The molecule has 2 aliphatic carbocycles. The van der Waals surface area contributed by atoms with Crippen molar-refractivity contribution in [3.05, 3.63) is 63.0 Å². The average molecular weight is 383 g/mol. The summed E-state index contributed by atoms with van der Waals surface area (Å²) in [6, 6.07) is 0. The Morgan fingerprint density at radius 2 is 1.78 bits per heavy atom. The molecule has 0 bridgehead atoms. The fraction of sp³-hybridized carbons (Fsp3) is 0.286. The topological polar surface area (TPSA) is 0 Å². The van der Waals surface area contributed by atoms with E-state index in [2.05, 4.69) is 37.3 Å². The molecule has 4 heteroatoms. The summed E-state index contributed by atoms with van der Waals surface area (Å²) < 4.78 is 0. The summed E-state index contributed by atoms with van der Waals surface area (Å²) in [6.07, 6.45) is 19.6. The van der Waals surface area contributed by atoms with Crippen molar-refractivity contribution in [3.63, 3.8) is 0 Å². The van der Waals surface area contributed by atoms with E-state index in [0.717, 1.165) is 19.3 Å². The molecule has 0 spiro atoms. The van der Waals surface area contributed by atoms with Crippen LogP contribution in [0.1, 0.15) is 26.2 Å². The zero-order valence-corrected chi connectivity index (χ0v) is 17.0. The maximum atomic E-state index is 3.11. The van der Waals surface area contributed by atoms with Crippen molar-refractivity contribution in [1.82, 2.24) is 0 Å². The van der Waals surface area contributed by atoms with Crippen LogP contribution in [0.3, 0.4) is 0 Å². The van der Waals surface area contributed by atoms with Crippen LogP contribution in [0.4, 0.5) is 0 Å². The van der Waals surface area contributed by atoms with Crippen LogP contribution in [-0.4, -0.2) is 6.88 Å². The van der Waals surface area contributed by atoms with E-state index >= 15 is 0 Å². The van der Waals surface area contributed by atoms with E-state index in [0.29, 0.717) is 0 Å². The van der Waals surface area contributed by atoms with E-state index in [1.54, 1.807) is 23.3 Å². The van der Waals surface area contributed by atoms with E-state index in [9.17, 15) is 0 Å². The van der Waals surface area contributed by atoms with Crippen LogP contribution in [0.5, 0.6) is 0 Å². The van der Waals surface area contributed by atoms with Gasteiger partial charge in [0.25, 0.3) is 0 Å². The van der Waals surface area contributed by atoms with Crippen LogP contribution in [0, 0.1) is 27.0 Å². The molecule has 0 aromatic carbocycles. The van der Waals surface area contributed by atoms with Crippen LogP contribution in [0.15, 0.2) is 36.0 Å². The van der Waals surface area contributed by atoms with E-state index in [4.69, 9.17) is 0 Å². The number of hydrogen-bond donors (Lipinski definition) is 0. The summed E-state index contributed by atoms with van der Waals surface area (Å²) >= 11 is 1.58. The summed E-state index contributed by atoms with van der Waals surface area (Å²) in [7, 11) is 0. The fourth-order valence-electron chi connectivity index (χ4n) is 1.03. The van der Waals surface area contributed by atoms with E-state index in [1.807, 2.05) is 19.0 Å². The Bertz CT molecular complexity index is 249. The second kappa shape index (κ2) is 26.3. The molecule has 2 aliphatic rings. The Balaban J connectivity index is -0.0000000470. The first kappa shape index (κ1) is 31.2. The van der Waals surface area contributed by atoms with Crippen LogP contribution in [0.2, 0.25) is 0 Å². The first-order valence-corrected chi connectivity index (χ1v) is 10.7. The van der Waals surface area contributed by atoms with Crippen LogP contribution >= 0.6 is 24.8 Å². The van der Waals surface area contributed by atoms with Crippen molar-refractivity contribution in [2.75, 3.05) is 0 Å². The van der Waals surface area contributed by atoms with Crippen molar-refractivity contribution in [2.24, 2.45) is 0 Å².